The zero-order chi connectivity index (χ0) is 18.4. The van der Waals surface area contributed by atoms with Crippen molar-refractivity contribution < 1.29 is 14.3 Å². The van der Waals surface area contributed by atoms with E-state index in [4.69, 9.17) is 21.1 Å². The number of ether oxygens (including phenoxy) is 2. The van der Waals surface area contributed by atoms with Crippen LogP contribution in [0.3, 0.4) is 0 Å². The van der Waals surface area contributed by atoms with Gasteiger partial charge in [-0.25, -0.2) is 0 Å². The minimum absolute atomic E-state index is 0.0988. The average molecular weight is 371 g/mol. The third-order valence-electron chi connectivity index (χ3n) is 3.74. The summed E-state index contributed by atoms with van der Waals surface area (Å²) < 4.78 is 11.1. The van der Waals surface area contributed by atoms with Crippen molar-refractivity contribution in [2.75, 3.05) is 13.2 Å². The van der Waals surface area contributed by atoms with Crippen LogP contribution in [0.25, 0.3) is 10.9 Å². The van der Waals surface area contributed by atoms with E-state index in [0.29, 0.717) is 29.4 Å². The molecule has 5 nitrogen and oxygen atoms in total. The van der Waals surface area contributed by atoms with Gasteiger partial charge in [-0.05, 0) is 48.9 Å². The van der Waals surface area contributed by atoms with Gasteiger partial charge in [0.1, 0.15) is 17.0 Å². The Hall–Kier alpha value is -2.79. The molecule has 3 aromatic rings. The first-order chi connectivity index (χ1) is 12.7. The summed E-state index contributed by atoms with van der Waals surface area (Å²) >= 11 is 6.16. The fourth-order valence-electron chi connectivity index (χ4n) is 2.54. The molecule has 0 saturated heterocycles. The molecule has 1 heterocycles. The molecule has 0 fully saturated rings. The monoisotopic (exact) mass is 370 g/mol. The van der Waals surface area contributed by atoms with Crippen molar-refractivity contribution in [2.24, 2.45) is 0 Å². The van der Waals surface area contributed by atoms with Gasteiger partial charge in [0.25, 0.3) is 5.91 Å². The molecule has 0 unspecified atom stereocenters. The predicted molar refractivity (Wildman–Crippen MR) is 102 cm³/mol. The van der Waals surface area contributed by atoms with Crippen molar-refractivity contribution in [1.82, 2.24) is 10.3 Å². The molecule has 0 atom stereocenters. The summed E-state index contributed by atoms with van der Waals surface area (Å²) in [6.07, 6.45) is 1.66. The largest absolute Gasteiger partial charge is 0.494 e. The van der Waals surface area contributed by atoms with Gasteiger partial charge in [-0.2, -0.15) is 0 Å². The van der Waals surface area contributed by atoms with Crippen molar-refractivity contribution >= 4 is 28.4 Å². The molecule has 0 aliphatic heterocycles. The molecule has 6 heteroatoms. The maximum Gasteiger partial charge on any atom is 0.258 e. The molecule has 0 aliphatic rings. The summed E-state index contributed by atoms with van der Waals surface area (Å²) in [6.45, 7) is 2.84. The zero-order valence-corrected chi connectivity index (χ0v) is 15.1. The van der Waals surface area contributed by atoms with Crippen LogP contribution in [0.2, 0.25) is 5.02 Å². The fourth-order valence-corrected chi connectivity index (χ4v) is 2.75. The van der Waals surface area contributed by atoms with Crippen molar-refractivity contribution in [3.63, 3.8) is 0 Å². The van der Waals surface area contributed by atoms with E-state index in [0.717, 1.165) is 16.7 Å². The lowest BCUT2D eigenvalue weighted by Gasteiger charge is -2.10. The van der Waals surface area contributed by atoms with Gasteiger partial charge in [-0.1, -0.05) is 23.7 Å². The molecule has 134 valence electrons. The number of aromatic nitrogens is 1. The number of hydrogen-bond donors (Lipinski definition) is 1. The van der Waals surface area contributed by atoms with E-state index in [9.17, 15) is 4.79 Å². The highest BCUT2D eigenvalue weighted by Crippen LogP contribution is 2.29. The SMILES string of the molecule is CCOc1cccc(CNC(=O)COc2ccc(Cl)c3cccnc23)c1. The molecule has 0 spiro atoms. The van der Waals surface area contributed by atoms with Gasteiger partial charge in [-0.3, -0.25) is 9.78 Å². The lowest BCUT2D eigenvalue weighted by atomic mass is 10.2. The van der Waals surface area contributed by atoms with Gasteiger partial charge < -0.3 is 14.8 Å². The Morgan fingerprint density at radius 1 is 1.15 bits per heavy atom. The molecule has 0 radical (unpaired) electrons. The Labute approximate surface area is 156 Å². The van der Waals surface area contributed by atoms with Gasteiger partial charge in [0.15, 0.2) is 6.61 Å². The molecule has 0 bridgehead atoms. The second-order valence-electron chi connectivity index (χ2n) is 5.59. The first-order valence-electron chi connectivity index (χ1n) is 8.32. The van der Waals surface area contributed by atoms with Gasteiger partial charge in [-0.15, -0.1) is 0 Å². The molecule has 1 amide bonds. The van der Waals surface area contributed by atoms with Crippen LogP contribution in [0.5, 0.6) is 11.5 Å². The number of hydrogen-bond acceptors (Lipinski definition) is 4. The predicted octanol–water partition coefficient (Wildman–Crippen LogP) is 3.98. The number of nitrogens with zero attached hydrogens (tertiary/aromatic N) is 1. The number of carbonyl (C=O) groups is 1. The minimum Gasteiger partial charge on any atom is -0.494 e. The quantitative estimate of drug-likeness (QED) is 0.683. The Morgan fingerprint density at radius 3 is 2.88 bits per heavy atom. The van der Waals surface area contributed by atoms with Crippen molar-refractivity contribution in [3.8, 4) is 11.5 Å². The molecular formula is C20H19ClN2O3. The molecule has 2 aromatic carbocycles. The van der Waals surface area contributed by atoms with E-state index in [2.05, 4.69) is 10.3 Å². The lowest BCUT2D eigenvalue weighted by Crippen LogP contribution is -2.28. The van der Waals surface area contributed by atoms with E-state index in [-0.39, 0.29) is 12.5 Å². The fraction of sp³-hybridized carbons (Fsp3) is 0.200. The number of pyridine rings is 1. The van der Waals surface area contributed by atoms with Crippen LogP contribution in [0, 0.1) is 0 Å². The summed E-state index contributed by atoms with van der Waals surface area (Å²) in [5, 5.41) is 4.22. The van der Waals surface area contributed by atoms with E-state index in [1.165, 1.54) is 0 Å². The third-order valence-corrected chi connectivity index (χ3v) is 4.07. The maximum atomic E-state index is 12.1. The van der Waals surface area contributed by atoms with Crippen LogP contribution in [0.15, 0.2) is 54.7 Å². The highest BCUT2D eigenvalue weighted by molar-refractivity contribution is 6.35. The Kier molecular flexibility index (Phi) is 5.92. The number of fused-ring (bicyclic) bond motifs is 1. The topological polar surface area (TPSA) is 60.5 Å². The molecule has 0 aliphatic carbocycles. The van der Waals surface area contributed by atoms with E-state index >= 15 is 0 Å². The van der Waals surface area contributed by atoms with Gasteiger partial charge in [0, 0.05) is 18.1 Å². The Balaban J connectivity index is 1.58. The van der Waals surface area contributed by atoms with Crippen molar-refractivity contribution in [3.05, 3.63) is 65.3 Å². The highest BCUT2D eigenvalue weighted by Gasteiger charge is 2.09. The molecule has 1 N–H and O–H groups in total. The maximum absolute atomic E-state index is 12.1. The van der Waals surface area contributed by atoms with E-state index in [1.54, 1.807) is 24.4 Å². The normalized spacial score (nSPS) is 10.5. The second-order valence-corrected chi connectivity index (χ2v) is 6.00. The van der Waals surface area contributed by atoms with Crippen molar-refractivity contribution in [1.29, 1.82) is 0 Å². The number of nitrogens with one attached hydrogen (secondary N) is 1. The number of amides is 1. The van der Waals surface area contributed by atoms with Crippen LogP contribution < -0.4 is 14.8 Å². The summed E-state index contributed by atoms with van der Waals surface area (Å²) in [5.41, 5.74) is 1.60. The number of carbonyl (C=O) groups excluding carboxylic acids is 1. The third kappa shape index (κ3) is 4.43. The van der Waals surface area contributed by atoms with E-state index < -0.39 is 0 Å². The molecule has 1 aromatic heterocycles. The van der Waals surface area contributed by atoms with Gasteiger partial charge >= 0.3 is 0 Å². The van der Waals surface area contributed by atoms with Crippen molar-refractivity contribution in [2.45, 2.75) is 13.5 Å². The van der Waals surface area contributed by atoms with Crippen LogP contribution in [-0.2, 0) is 11.3 Å². The molecular weight excluding hydrogens is 352 g/mol. The average Bonchev–Trinajstić information content (AvgIpc) is 2.67. The lowest BCUT2D eigenvalue weighted by molar-refractivity contribution is -0.123. The zero-order valence-electron chi connectivity index (χ0n) is 14.4. The number of halogens is 1. The van der Waals surface area contributed by atoms with Crippen LogP contribution >= 0.6 is 11.6 Å². The standard InChI is InChI=1S/C20H19ClN2O3/c1-2-25-15-6-3-5-14(11-15)12-23-19(24)13-26-18-9-8-17(21)16-7-4-10-22-20(16)18/h3-11H,2,12-13H2,1H3,(H,23,24). The summed E-state index contributed by atoms with van der Waals surface area (Å²) in [7, 11) is 0. The van der Waals surface area contributed by atoms with Gasteiger partial charge in [0.05, 0.1) is 11.6 Å². The minimum atomic E-state index is -0.217. The van der Waals surface area contributed by atoms with Crippen LogP contribution in [0.1, 0.15) is 12.5 Å². The molecule has 3 rings (SSSR count). The highest BCUT2D eigenvalue weighted by atomic mass is 35.5. The second kappa shape index (κ2) is 8.54. The smallest absolute Gasteiger partial charge is 0.258 e. The summed E-state index contributed by atoms with van der Waals surface area (Å²) in [6, 6.07) is 14.7. The van der Waals surface area contributed by atoms with Crippen LogP contribution in [0.4, 0.5) is 0 Å². The molecule has 0 saturated carbocycles. The first kappa shape index (κ1) is 18.0. The first-order valence-corrected chi connectivity index (χ1v) is 8.69. The molecule has 26 heavy (non-hydrogen) atoms. The van der Waals surface area contributed by atoms with Gasteiger partial charge in [0.2, 0.25) is 0 Å². The number of rotatable bonds is 7. The summed E-state index contributed by atoms with van der Waals surface area (Å²) in [5.74, 6) is 1.10. The van der Waals surface area contributed by atoms with Crippen LogP contribution in [-0.4, -0.2) is 24.1 Å². The Bertz CT molecular complexity index is 914. The van der Waals surface area contributed by atoms with E-state index in [1.807, 2.05) is 37.3 Å². The Morgan fingerprint density at radius 2 is 2.04 bits per heavy atom. The number of benzene rings is 2. The summed E-state index contributed by atoms with van der Waals surface area (Å²) in [4.78, 5) is 16.4.